The van der Waals surface area contributed by atoms with Gasteiger partial charge in [0.05, 0.1) is 17.3 Å². The van der Waals surface area contributed by atoms with Gasteiger partial charge >= 0.3 is 0 Å². The fourth-order valence-electron chi connectivity index (χ4n) is 3.60. The van der Waals surface area contributed by atoms with Crippen LogP contribution in [-0.2, 0) is 27.6 Å². The largest absolute Gasteiger partial charge is 0.352 e. The minimum atomic E-state index is -3.03. The van der Waals surface area contributed by atoms with Gasteiger partial charge in [-0.1, -0.05) is 70.2 Å². The van der Waals surface area contributed by atoms with Crippen molar-refractivity contribution in [3.63, 3.8) is 0 Å². The SMILES string of the molecule is O=C(CSc1nnc(-c2ccc(Br)cc2)n1CCc1ccccc1)N[C@H]1CCS(=O)(=O)C1. The van der Waals surface area contributed by atoms with Gasteiger partial charge < -0.3 is 9.88 Å². The molecule has 1 amide bonds. The van der Waals surface area contributed by atoms with Crippen molar-refractivity contribution < 1.29 is 13.2 Å². The predicted octanol–water partition coefficient (Wildman–Crippen LogP) is 3.35. The van der Waals surface area contributed by atoms with Crippen LogP contribution in [0.2, 0.25) is 0 Å². The highest BCUT2D eigenvalue weighted by molar-refractivity contribution is 9.10. The van der Waals surface area contributed by atoms with Gasteiger partial charge in [-0.15, -0.1) is 10.2 Å². The van der Waals surface area contributed by atoms with E-state index >= 15 is 0 Å². The highest BCUT2D eigenvalue weighted by atomic mass is 79.9. The van der Waals surface area contributed by atoms with E-state index in [1.165, 1.54) is 17.3 Å². The van der Waals surface area contributed by atoms with Crippen molar-refractivity contribution in [1.82, 2.24) is 20.1 Å². The van der Waals surface area contributed by atoms with Crippen molar-refractivity contribution in [2.24, 2.45) is 0 Å². The Balaban J connectivity index is 1.47. The quantitative estimate of drug-likeness (QED) is 0.445. The second kappa shape index (κ2) is 10.2. The van der Waals surface area contributed by atoms with E-state index < -0.39 is 9.84 Å². The molecule has 32 heavy (non-hydrogen) atoms. The van der Waals surface area contributed by atoms with E-state index in [4.69, 9.17) is 0 Å². The van der Waals surface area contributed by atoms with Gasteiger partial charge in [0, 0.05) is 22.6 Å². The molecule has 2 aromatic carbocycles. The zero-order valence-electron chi connectivity index (χ0n) is 17.3. The summed E-state index contributed by atoms with van der Waals surface area (Å²) in [6.07, 6.45) is 1.28. The van der Waals surface area contributed by atoms with Crippen LogP contribution in [0, 0.1) is 0 Å². The third-order valence-corrected chi connectivity index (χ3v) is 8.48. The molecule has 1 aliphatic rings. The molecule has 10 heteroatoms. The number of aryl methyl sites for hydroxylation is 1. The Kier molecular flexibility index (Phi) is 7.32. The summed E-state index contributed by atoms with van der Waals surface area (Å²) in [6.45, 7) is 0.674. The number of thioether (sulfide) groups is 1. The fourth-order valence-corrected chi connectivity index (χ4v) is 6.32. The molecule has 4 rings (SSSR count). The van der Waals surface area contributed by atoms with E-state index in [-0.39, 0.29) is 29.2 Å². The Morgan fingerprint density at radius 2 is 1.88 bits per heavy atom. The molecule has 3 aromatic rings. The molecule has 7 nitrogen and oxygen atoms in total. The van der Waals surface area contributed by atoms with Crippen molar-refractivity contribution in [3.05, 3.63) is 64.6 Å². The van der Waals surface area contributed by atoms with E-state index in [2.05, 4.69) is 43.6 Å². The van der Waals surface area contributed by atoms with Gasteiger partial charge in [0.2, 0.25) is 5.91 Å². The number of rotatable bonds is 8. The molecule has 0 saturated carbocycles. The van der Waals surface area contributed by atoms with Gasteiger partial charge in [-0.05, 0) is 30.5 Å². The average Bonchev–Trinajstić information content (AvgIpc) is 3.34. The molecule has 1 aromatic heterocycles. The second-order valence-electron chi connectivity index (χ2n) is 7.66. The first-order valence-corrected chi connectivity index (χ1v) is 13.9. The maximum absolute atomic E-state index is 12.4. The number of hydrogen-bond donors (Lipinski definition) is 1. The lowest BCUT2D eigenvalue weighted by atomic mass is 10.1. The minimum Gasteiger partial charge on any atom is -0.352 e. The first-order valence-electron chi connectivity index (χ1n) is 10.3. The van der Waals surface area contributed by atoms with Crippen LogP contribution in [-0.4, -0.2) is 52.4 Å². The third-order valence-electron chi connectivity index (χ3n) is 5.22. The Morgan fingerprint density at radius 3 is 2.56 bits per heavy atom. The van der Waals surface area contributed by atoms with Gasteiger partial charge in [0.25, 0.3) is 0 Å². The van der Waals surface area contributed by atoms with Gasteiger partial charge in [-0.2, -0.15) is 0 Å². The van der Waals surface area contributed by atoms with Crippen LogP contribution in [0.15, 0.2) is 64.2 Å². The summed E-state index contributed by atoms with van der Waals surface area (Å²) in [6, 6.07) is 17.8. The first kappa shape index (κ1) is 23.0. The van der Waals surface area contributed by atoms with Crippen LogP contribution in [0.1, 0.15) is 12.0 Å². The Hall–Kier alpha value is -2.17. The molecule has 1 aliphatic heterocycles. The Labute approximate surface area is 200 Å². The molecule has 168 valence electrons. The zero-order chi connectivity index (χ0) is 22.6. The lowest BCUT2D eigenvalue weighted by Gasteiger charge is -2.12. The normalized spacial score (nSPS) is 17.3. The van der Waals surface area contributed by atoms with E-state index in [1.807, 2.05) is 47.0 Å². The van der Waals surface area contributed by atoms with Crippen molar-refractivity contribution in [1.29, 1.82) is 0 Å². The zero-order valence-corrected chi connectivity index (χ0v) is 20.5. The highest BCUT2D eigenvalue weighted by Gasteiger charge is 2.29. The Bertz CT molecular complexity index is 1180. The van der Waals surface area contributed by atoms with E-state index in [0.717, 1.165) is 22.3 Å². The molecule has 1 fully saturated rings. The maximum Gasteiger partial charge on any atom is 0.230 e. The molecule has 2 heterocycles. The molecule has 1 atom stereocenters. The van der Waals surface area contributed by atoms with Crippen molar-refractivity contribution in [3.8, 4) is 11.4 Å². The van der Waals surface area contributed by atoms with E-state index in [9.17, 15) is 13.2 Å². The summed E-state index contributed by atoms with van der Waals surface area (Å²) >= 11 is 4.77. The molecular formula is C22H23BrN4O3S2. The van der Waals surface area contributed by atoms with Gasteiger partial charge in [-0.25, -0.2) is 8.42 Å². The number of nitrogens with zero attached hydrogens (tertiary/aromatic N) is 3. The van der Waals surface area contributed by atoms with E-state index in [0.29, 0.717) is 18.1 Å². The average molecular weight is 535 g/mol. The lowest BCUT2D eigenvalue weighted by Crippen LogP contribution is -2.36. The summed E-state index contributed by atoms with van der Waals surface area (Å²) < 4.78 is 26.2. The standard InChI is InChI=1S/C22H23BrN4O3S2/c23-18-8-6-17(7-9-18)21-25-26-22(27(21)12-10-16-4-2-1-3-5-16)31-14-20(28)24-19-11-13-32(29,30)15-19/h1-9,19H,10-15H2,(H,24,28)/t19-/m0/s1. The number of carbonyl (C=O) groups is 1. The number of carbonyl (C=O) groups excluding carboxylic acids is 1. The lowest BCUT2D eigenvalue weighted by molar-refractivity contribution is -0.119. The fraction of sp³-hybridized carbons (Fsp3) is 0.318. The van der Waals surface area contributed by atoms with Crippen molar-refractivity contribution in [2.75, 3.05) is 17.3 Å². The summed E-state index contributed by atoms with van der Waals surface area (Å²) in [5.41, 5.74) is 2.15. The molecular weight excluding hydrogens is 512 g/mol. The van der Waals surface area contributed by atoms with Crippen LogP contribution in [0.3, 0.4) is 0 Å². The molecule has 1 N–H and O–H groups in total. The van der Waals surface area contributed by atoms with E-state index in [1.54, 1.807) is 0 Å². The minimum absolute atomic E-state index is 0.0182. The van der Waals surface area contributed by atoms with Crippen LogP contribution in [0.25, 0.3) is 11.4 Å². The number of benzene rings is 2. The van der Waals surface area contributed by atoms with Crippen LogP contribution >= 0.6 is 27.7 Å². The van der Waals surface area contributed by atoms with Crippen LogP contribution < -0.4 is 5.32 Å². The molecule has 0 spiro atoms. The maximum atomic E-state index is 12.4. The topological polar surface area (TPSA) is 93.9 Å². The van der Waals surface area contributed by atoms with Crippen LogP contribution in [0.5, 0.6) is 0 Å². The monoisotopic (exact) mass is 534 g/mol. The number of halogens is 1. The molecule has 0 radical (unpaired) electrons. The summed E-state index contributed by atoms with van der Waals surface area (Å²) in [5, 5.41) is 12.2. The number of aromatic nitrogens is 3. The van der Waals surface area contributed by atoms with Gasteiger partial charge in [0.1, 0.15) is 0 Å². The predicted molar refractivity (Wildman–Crippen MR) is 129 cm³/mol. The summed E-state index contributed by atoms with van der Waals surface area (Å²) in [7, 11) is -3.03. The number of nitrogens with one attached hydrogen (secondary N) is 1. The molecule has 1 saturated heterocycles. The summed E-state index contributed by atoms with van der Waals surface area (Å²) in [5.74, 6) is 0.860. The second-order valence-corrected chi connectivity index (χ2v) is 11.7. The first-order chi connectivity index (χ1) is 15.4. The van der Waals surface area contributed by atoms with Gasteiger partial charge in [0.15, 0.2) is 20.8 Å². The smallest absolute Gasteiger partial charge is 0.230 e. The number of sulfone groups is 1. The Morgan fingerprint density at radius 1 is 1.12 bits per heavy atom. The third kappa shape index (κ3) is 5.99. The summed E-state index contributed by atoms with van der Waals surface area (Å²) in [4.78, 5) is 12.4. The molecule has 0 aliphatic carbocycles. The highest BCUT2D eigenvalue weighted by Crippen LogP contribution is 2.26. The molecule has 0 unspecified atom stereocenters. The van der Waals surface area contributed by atoms with Crippen molar-refractivity contribution >= 4 is 43.4 Å². The van der Waals surface area contributed by atoms with Crippen molar-refractivity contribution in [2.45, 2.75) is 30.6 Å². The molecule has 0 bridgehead atoms. The van der Waals surface area contributed by atoms with Gasteiger partial charge in [-0.3, -0.25) is 4.79 Å². The van der Waals surface area contributed by atoms with Crippen LogP contribution in [0.4, 0.5) is 0 Å². The number of hydrogen-bond acceptors (Lipinski definition) is 6. The number of amides is 1.